The standard InChI is InChI=1S/C22H21N3O3/c1-3-28-22(26)24-14-6-4-8-18(24)21-20(16-10-12-17(27-2)13-11-16)23-19-9-5-7-15-25(19)21/h5-15H,3-4H2,1-2H3. The summed E-state index contributed by atoms with van der Waals surface area (Å²) < 4.78 is 12.5. The normalized spacial score (nSPS) is 13.5. The van der Waals surface area contributed by atoms with E-state index >= 15 is 0 Å². The number of fused-ring (bicyclic) bond motifs is 1. The summed E-state index contributed by atoms with van der Waals surface area (Å²) >= 11 is 0. The first-order valence-corrected chi connectivity index (χ1v) is 9.17. The Balaban J connectivity index is 1.89. The summed E-state index contributed by atoms with van der Waals surface area (Å²) in [6.07, 6.45) is 7.97. The van der Waals surface area contributed by atoms with Crippen LogP contribution in [0.4, 0.5) is 4.79 Å². The van der Waals surface area contributed by atoms with E-state index in [1.165, 1.54) is 4.90 Å². The number of methoxy groups -OCH3 is 1. The van der Waals surface area contributed by atoms with Gasteiger partial charge in [0.25, 0.3) is 0 Å². The van der Waals surface area contributed by atoms with Gasteiger partial charge in [-0.05, 0) is 49.7 Å². The zero-order valence-corrected chi connectivity index (χ0v) is 15.8. The number of carbonyl (C=O) groups is 1. The van der Waals surface area contributed by atoms with Crippen LogP contribution in [0.1, 0.15) is 19.0 Å². The molecule has 4 rings (SSSR count). The minimum absolute atomic E-state index is 0.314. The second-order valence-corrected chi connectivity index (χ2v) is 6.25. The number of pyridine rings is 1. The lowest BCUT2D eigenvalue weighted by atomic mass is 10.1. The third-order valence-corrected chi connectivity index (χ3v) is 4.56. The first-order chi connectivity index (χ1) is 13.7. The maximum absolute atomic E-state index is 12.5. The fraction of sp³-hybridized carbons (Fsp3) is 0.182. The molecule has 0 aliphatic carbocycles. The highest BCUT2D eigenvalue weighted by atomic mass is 16.6. The molecule has 0 saturated carbocycles. The Bertz CT molecular complexity index is 1060. The summed E-state index contributed by atoms with van der Waals surface area (Å²) in [6.45, 7) is 2.11. The number of nitrogens with zero attached hydrogens (tertiary/aromatic N) is 3. The third kappa shape index (κ3) is 3.13. The van der Waals surface area contributed by atoms with E-state index in [1.807, 2.05) is 65.2 Å². The minimum Gasteiger partial charge on any atom is -0.497 e. The maximum atomic E-state index is 12.5. The summed E-state index contributed by atoms with van der Waals surface area (Å²) in [5.74, 6) is 0.780. The van der Waals surface area contributed by atoms with Gasteiger partial charge >= 0.3 is 6.09 Å². The number of carbonyl (C=O) groups excluding carboxylic acids is 1. The largest absolute Gasteiger partial charge is 0.497 e. The van der Waals surface area contributed by atoms with Crippen molar-refractivity contribution in [3.63, 3.8) is 0 Å². The van der Waals surface area contributed by atoms with E-state index in [4.69, 9.17) is 14.5 Å². The topological polar surface area (TPSA) is 56.1 Å². The van der Waals surface area contributed by atoms with Gasteiger partial charge in [0.1, 0.15) is 11.4 Å². The maximum Gasteiger partial charge on any atom is 0.418 e. The first-order valence-electron chi connectivity index (χ1n) is 9.17. The Morgan fingerprint density at radius 2 is 2.00 bits per heavy atom. The van der Waals surface area contributed by atoms with Crippen molar-refractivity contribution in [3.8, 4) is 17.0 Å². The average Bonchev–Trinajstić information content (AvgIpc) is 3.13. The van der Waals surface area contributed by atoms with Crippen molar-refractivity contribution in [3.05, 3.63) is 72.7 Å². The van der Waals surface area contributed by atoms with Crippen molar-refractivity contribution in [2.75, 3.05) is 13.7 Å². The highest BCUT2D eigenvalue weighted by Crippen LogP contribution is 2.34. The number of allylic oxidation sites excluding steroid dienone is 2. The smallest absolute Gasteiger partial charge is 0.418 e. The van der Waals surface area contributed by atoms with E-state index in [0.717, 1.165) is 40.5 Å². The summed E-state index contributed by atoms with van der Waals surface area (Å²) in [4.78, 5) is 18.9. The minimum atomic E-state index is -0.406. The van der Waals surface area contributed by atoms with E-state index in [9.17, 15) is 4.79 Å². The molecule has 0 atom stereocenters. The molecule has 3 heterocycles. The Labute approximate surface area is 163 Å². The van der Waals surface area contributed by atoms with Crippen LogP contribution in [0.5, 0.6) is 5.75 Å². The Hall–Kier alpha value is -3.54. The number of ether oxygens (including phenoxy) is 2. The molecule has 0 spiro atoms. The van der Waals surface area contributed by atoms with E-state index in [-0.39, 0.29) is 0 Å². The van der Waals surface area contributed by atoms with Gasteiger partial charge in [-0.15, -0.1) is 0 Å². The van der Waals surface area contributed by atoms with Crippen molar-refractivity contribution in [1.82, 2.24) is 14.3 Å². The molecule has 1 amide bonds. The number of benzene rings is 1. The zero-order valence-electron chi connectivity index (χ0n) is 15.8. The Morgan fingerprint density at radius 1 is 1.18 bits per heavy atom. The number of hydrogen-bond donors (Lipinski definition) is 0. The van der Waals surface area contributed by atoms with Gasteiger partial charge in [-0.2, -0.15) is 0 Å². The van der Waals surface area contributed by atoms with Crippen LogP contribution in [0.15, 0.2) is 67.0 Å². The molecule has 0 unspecified atom stereocenters. The lowest BCUT2D eigenvalue weighted by Gasteiger charge is -2.24. The average molecular weight is 375 g/mol. The Kier molecular flexibility index (Phi) is 4.85. The summed E-state index contributed by atoms with van der Waals surface area (Å²) in [5, 5.41) is 0. The predicted molar refractivity (Wildman–Crippen MR) is 108 cm³/mol. The number of rotatable bonds is 4. The van der Waals surface area contributed by atoms with Crippen molar-refractivity contribution in [2.45, 2.75) is 13.3 Å². The molecule has 3 aromatic rings. The van der Waals surface area contributed by atoms with E-state index in [1.54, 1.807) is 20.2 Å². The van der Waals surface area contributed by atoms with Crippen molar-refractivity contribution < 1.29 is 14.3 Å². The monoisotopic (exact) mass is 375 g/mol. The lowest BCUT2D eigenvalue weighted by molar-refractivity contribution is 0.135. The zero-order chi connectivity index (χ0) is 19.5. The van der Waals surface area contributed by atoms with Crippen LogP contribution >= 0.6 is 0 Å². The molecule has 1 aromatic carbocycles. The second kappa shape index (κ2) is 7.60. The van der Waals surface area contributed by atoms with E-state index in [0.29, 0.717) is 6.61 Å². The van der Waals surface area contributed by atoms with Gasteiger partial charge in [0.05, 0.1) is 30.8 Å². The number of amides is 1. The van der Waals surface area contributed by atoms with Gasteiger partial charge in [0.15, 0.2) is 0 Å². The van der Waals surface area contributed by atoms with E-state index in [2.05, 4.69) is 0 Å². The second-order valence-electron chi connectivity index (χ2n) is 6.25. The molecule has 142 valence electrons. The van der Waals surface area contributed by atoms with Crippen LogP contribution in [0.2, 0.25) is 0 Å². The van der Waals surface area contributed by atoms with Crippen LogP contribution in [0.3, 0.4) is 0 Å². The van der Waals surface area contributed by atoms with Crippen LogP contribution in [0.25, 0.3) is 22.6 Å². The van der Waals surface area contributed by atoms with Crippen molar-refractivity contribution >= 4 is 17.4 Å². The molecular weight excluding hydrogens is 354 g/mol. The molecule has 1 aliphatic heterocycles. The fourth-order valence-corrected chi connectivity index (χ4v) is 3.28. The molecule has 0 fully saturated rings. The molecule has 2 aromatic heterocycles. The van der Waals surface area contributed by atoms with Crippen molar-refractivity contribution in [1.29, 1.82) is 0 Å². The number of aromatic nitrogens is 2. The number of hydrogen-bond acceptors (Lipinski definition) is 4. The highest BCUT2D eigenvalue weighted by Gasteiger charge is 2.26. The Morgan fingerprint density at radius 3 is 2.75 bits per heavy atom. The highest BCUT2D eigenvalue weighted by molar-refractivity contribution is 5.88. The third-order valence-electron chi connectivity index (χ3n) is 4.56. The van der Waals surface area contributed by atoms with Gasteiger partial charge in [-0.1, -0.05) is 18.2 Å². The molecule has 0 saturated heterocycles. The van der Waals surface area contributed by atoms with Gasteiger partial charge < -0.3 is 9.47 Å². The molecule has 1 aliphatic rings. The molecule has 28 heavy (non-hydrogen) atoms. The van der Waals surface area contributed by atoms with E-state index < -0.39 is 6.09 Å². The molecule has 0 N–H and O–H groups in total. The van der Waals surface area contributed by atoms with Gasteiger partial charge in [0, 0.05) is 18.0 Å². The van der Waals surface area contributed by atoms with Gasteiger partial charge in [-0.3, -0.25) is 9.30 Å². The summed E-state index contributed by atoms with van der Waals surface area (Å²) in [6, 6.07) is 13.6. The SMILES string of the molecule is CCOC(=O)N1C=CCC=C1c1c(-c2ccc(OC)cc2)nc2ccccn12. The molecule has 6 nitrogen and oxygen atoms in total. The molecular formula is C22H21N3O3. The molecule has 0 bridgehead atoms. The quantitative estimate of drug-likeness (QED) is 0.662. The number of imidazole rings is 1. The molecule has 0 radical (unpaired) electrons. The molecule has 6 heteroatoms. The summed E-state index contributed by atoms with van der Waals surface area (Å²) in [5.41, 5.74) is 4.15. The van der Waals surface area contributed by atoms with Gasteiger partial charge in [0.2, 0.25) is 0 Å². The van der Waals surface area contributed by atoms with Crippen LogP contribution in [-0.2, 0) is 4.74 Å². The fourth-order valence-electron chi connectivity index (χ4n) is 3.28. The van der Waals surface area contributed by atoms with Crippen LogP contribution < -0.4 is 4.74 Å². The lowest BCUT2D eigenvalue weighted by Crippen LogP contribution is -2.27. The first kappa shape index (κ1) is 17.9. The van der Waals surface area contributed by atoms with Crippen molar-refractivity contribution in [2.24, 2.45) is 0 Å². The van der Waals surface area contributed by atoms with Crippen LogP contribution in [-0.4, -0.2) is 34.1 Å². The van der Waals surface area contributed by atoms with Crippen LogP contribution in [0, 0.1) is 0 Å². The van der Waals surface area contributed by atoms with Gasteiger partial charge in [-0.25, -0.2) is 9.78 Å². The summed E-state index contributed by atoms with van der Waals surface area (Å²) in [7, 11) is 1.64. The predicted octanol–water partition coefficient (Wildman–Crippen LogP) is 4.73.